The smallest absolute Gasteiger partial charge is 0.261 e. The number of aromatic hydroxyl groups is 1. The molecule has 0 aliphatic carbocycles. The first kappa shape index (κ1) is 15.5. The molecule has 112 valence electrons. The summed E-state index contributed by atoms with van der Waals surface area (Å²) in [5, 5.41) is 9.95. The van der Waals surface area contributed by atoms with Crippen LogP contribution in [0.2, 0.25) is 5.02 Å². The van der Waals surface area contributed by atoms with Crippen molar-refractivity contribution in [2.24, 2.45) is 0 Å². The summed E-state index contributed by atoms with van der Waals surface area (Å²) >= 11 is 5.92. The predicted molar refractivity (Wildman–Crippen MR) is 84.3 cm³/mol. The maximum atomic E-state index is 12.3. The summed E-state index contributed by atoms with van der Waals surface area (Å²) < 4.78 is 27.0. The number of sulfonamides is 1. The Morgan fingerprint density at radius 3 is 2.38 bits per heavy atom. The standard InChI is InChI=1S/C14H15ClN2O3S/c1-8-3-4-10(6-13(8)18)17-21(19,20)11-5-9(2)14(15)12(16)7-11/h3-7,17-18H,16H2,1-2H3. The van der Waals surface area contributed by atoms with Crippen LogP contribution >= 0.6 is 11.6 Å². The van der Waals surface area contributed by atoms with Crippen LogP contribution in [-0.4, -0.2) is 13.5 Å². The van der Waals surface area contributed by atoms with Crippen molar-refractivity contribution in [3.63, 3.8) is 0 Å². The molecule has 2 aromatic rings. The summed E-state index contributed by atoms with van der Waals surface area (Å²) in [6, 6.07) is 7.27. The maximum absolute atomic E-state index is 12.3. The molecule has 0 aliphatic heterocycles. The minimum atomic E-state index is -3.80. The first-order valence-electron chi connectivity index (χ1n) is 6.09. The van der Waals surface area contributed by atoms with Gasteiger partial charge in [0.1, 0.15) is 5.75 Å². The fraction of sp³-hybridized carbons (Fsp3) is 0.143. The summed E-state index contributed by atoms with van der Waals surface area (Å²) in [6.45, 7) is 3.40. The topological polar surface area (TPSA) is 92.4 Å². The number of nitrogens with one attached hydrogen (secondary N) is 1. The second-order valence-corrected chi connectivity index (χ2v) is 6.81. The van der Waals surface area contributed by atoms with Crippen LogP contribution in [0.4, 0.5) is 11.4 Å². The van der Waals surface area contributed by atoms with Crippen molar-refractivity contribution in [1.29, 1.82) is 0 Å². The first-order chi connectivity index (χ1) is 9.70. The van der Waals surface area contributed by atoms with Crippen LogP contribution in [0, 0.1) is 13.8 Å². The molecule has 0 aliphatic rings. The lowest BCUT2D eigenvalue weighted by Gasteiger charge is -2.11. The van der Waals surface area contributed by atoms with Gasteiger partial charge in [0.25, 0.3) is 10.0 Å². The van der Waals surface area contributed by atoms with E-state index in [2.05, 4.69) is 4.72 Å². The van der Waals surface area contributed by atoms with E-state index in [1.54, 1.807) is 26.0 Å². The summed E-state index contributed by atoms with van der Waals surface area (Å²) in [5.41, 5.74) is 7.39. The Morgan fingerprint density at radius 1 is 1.14 bits per heavy atom. The third kappa shape index (κ3) is 3.22. The predicted octanol–water partition coefficient (Wildman–Crippen LogP) is 3.05. The van der Waals surface area contributed by atoms with Crippen LogP contribution in [-0.2, 0) is 10.0 Å². The van der Waals surface area contributed by atoms with Gasteiger partial charge in [-0.05, 0) is 43.2 Å². The highest BCUT2D eigenvalue weighted by atomic mass is 35.5. The molecule has 0 unspecified atom stereocenters. The second-order valence-electron chi connectivity index (χ2n) is 4.75. The first-order valence-corrected chi connectivity index (χ1v) is 7.95. The SMILES string of the molecule is Cc1ccc(NS(=O)(=O)c2cc(C)c(Cl)c(N)c2)cc1O. The van der Waals surface area contributed by atoms with Crippen LogP contribution in [0.15, 0.2) is 35.2 Å². The number of hydrogen-bond acceptors (Lipinski definition) is 4. The lowest BCUT2D eigenvalue weighted by atomic mass is 10.2. The number of nitrogens with two attached hydrogens (primary N) is 1. The Bertz CT molecular complexity index is 781. The minimum Gasteiger partial charge on any atom is -0.508 e. The van der Waals surface area contributed by atoms with Gasteiger partial charge in [0.05, 0.1) is 21.3 Å². The lowest BCUT2D eigenvalue weighted by Crippen LogP contribution is -2.13. The molecule has 0 aromatic heterocycles. The van der Waals surface area contributed by atoms with Crippen molar-refractivity contribution in [3.8, 4) is 5.75 Å². The molecule has 0 bridgehead atoms. The van der Waals surface area contributed by atoms with Crippen molar-refractivity contribution in [2.45, 2.75) is 18.7 Å². The van der Waals surface area contributed by atoms with Crippen molar-refractivity contribution in [1.82, 2.24) is 0 Å². The largest absolute Gasteiger partial charge is 0.508 e. The van der Waals surface area contributed by atoms with Crippen LogP contribution < -0.4 is 10.5 Å². The van der Waals surface area contributed by atoms with Gasteiger partial charge in [-0.25, -0.2) is 8.42 Å². The zero-order chi connectivity index (χ0) is 15.8. The van der Waals surface area contributed by atoms with Gasteiger partial charge in [0.2, 0.25) is 0 Å². The van der Waals surface area contributed by atoms with Gasteiger partial charge in [-0.3, -0.25) is 4.72 Å². The van der Waals surface area contributed by atoms with Crippen LogP contribution in [0.1, 0.15) is 11.1 Å². The number of phenolic OH excluding ortho intramolecular Hbond substituents is 1. The summed E-state index contributed by atoms with van der Waals surface area (Å²) in [7, 11) is -3.80. The minimum absolute atomic E-state index is 0.0157. The average molecular weight is 327 g/mol. The highest BCUT2D eigenvalue weighted by Crippen LogP contribution is 2.28. The van der Waals surface area contributed by atoms with Crippen LogP contribution in [0.3, 0.4) is 0 Å². The number of halogens is 1. The number of benzene rings is 2. The van der Waals surface area contributed by atoms with E-state index in [4.69, 9.17) is 17.3 Å². The van der Waals surface area contributed by atoms with Gasteiger partial charge in [-0.15, -0.1) is 0 Å². The zero-order valence-electron chi connectivity index (χ0n) is 11.5. The fourth-order valence-electron chi connectivity index (χ4n) is 1.80. The Hall–Kier alpha value is -1.92. The monoisotopic (exact) mass is 326 g/mol. The zero-order valence-corrected chi connectivity index (χ0v) is 13.1. The molecule has 0 saturated carbocycles. The number of anilines is 2. The Morgan fingerprint density at radius 2 is 1.81 bits per heavy atom. The number of hydrogen-bond donors (Lipinski definition) is 3. The van der Waals surface area contributed by atoms with E-state index >= 15 is 0 Å². The van der Waals surface area contributed by atoms with Crippen molar-refractivity contribution in [3.05, 3.63) is 46.5 Å². The number of aryl methyl sites for hydroxylation is 2. The quantitative estimate of drug-likeness (QED) is 0.756. The van der Waals surface area contributed by atoms with Crippen molar-refractivity contribution in [2.75, 3.05) is 10.5 Å². The Labute approximate surface area is 128 Å². The van der Waals surface area contributed by atoms with Crippen molar-refractivity contribution < 1.29 is 13.5 Å². The number of rotatable bonds is 3. The Kier molecular flexibility index (Phi) is 4.02. The maximum Gasteiger partial charge on any atom is 0.261 e. The summed E-state index contributed by atoms with van der Waals surface area (Å²) in [6.07, 6.45) is 0. The lowest BCUT2D eigenvalue weighted by molar-refractivity contribution is 0.471. The summed E-state index contributed by atoms with van der Waals surface area (Å²) in [5.74, 6) is 0.0157. The highest BCUT2D eigenvalue weighted by molar-refractivity contribution is 7.92. The van der Waals surface area contributed by atoms with Gasteiger partial charge < -0.3 is 10.8 Å². The van der Waals surface area contributed by atoms with E-state index in [9.17, 15) is 13.5 Å². The second kappa shape index (κ2) is 5.46. The van der Waals surface area contributed by atoms with Gasteiger partial charge in [-0.1, -0.05) is 17.7 Å². The van der Waals surface area contributed by atoms with Crippen molar-refractivity contribution >= 4 is 33.0 Å². The molecule has 2 aromatic carbocycles. The number of phenols is 1. The third-order valence-corrected chi connectivity index (χ3v) is 4.90. The van der Waals surface area contributed by atoms with Crippen LogP contribution in [0.5, 0.6) is 5.75 Å². The van der Waals surface area contributed by atoms with E-state index in [1.165, 1.54) is 18.2 Å². The molecule has 7 heteroatoms. The van der Waals surface area contributed by atoms with Gasteiger partial charge in [0.15, 0.2) is 0 Å². The summed E-state index contributed by atoms with van der Waals surface area (Å²) in [4.78, 5) is 0.0157. The normalized spacial score (nSPS) is 11.4. The number of nitrogen functional groups attached to an aromatic ring is 1. The molecular formula is C14H15ClN2O3S. The van der Waals surface area contributed by atoms with E-state index in [0.29, 0.717) is 16.1 Å². The molecule has 2 rings (SSSR count). The molecule has 4 N–H and O–H groups in total. The molecule has 0 fully saturated rings. The van der Waals surface area contributed by atoms with E-state index in [1.807, 2.05) is 0 Å². The van der Waals surface area contributed by atoms with Gasteiger partial charge in [0, 0.05) is 6.07 Å². The van der Waals surface area contributed by atoms with Gasteiger partial charge >= 0.3 is 0 Å². The van der Waals surface area contributed by atoms with E-state index in [-0.39, 0.29) is 22.0 Å². The molecule has 0 atom stereocenters. The third-order valence-electron chi connectivity index (χ3n) is 3.03. The molecule has 0 heterocycles. The molecule has 0 spiro atoms. The fourth-order valence-corrected chi connectivity index (χ4v) is 3.08. The van der Waals surface area contributed by atoms with E-state index in [0.717, 1.165) is 0 Å². The molecule has 21 heavy (non-hydrogen) atoms. The molecule has 0 radical (unpaired) electrons. The molecule has 0 amide bonds. The molecular weight excluding hydrogens is 312 g/mol. The molecule has 0 saturated heterocycles. The van der Waals surface area contributed by atoms with Crippen LogP contribution in [0.25, 0.3) is 0 Å². The van der Waals surface area contributed by atoms with E-state index < -0.39 is 10.0 Å². The average Bonchev–Trinajstić information content (AvgIpc) is 2.39. The molecule has 5 nitrogen and oxygen atoms in total. The van der Waals surface area contributed by atoms with Gasteiger partial charge in [-0.2, -0.15) is 0 Å². The Balaban J connectivity index is 2.40. The highest BCUT2D eigenvalue weighted by Gasteiger charge is 2.17.